The average Bonchev–Trinajstić information content (AvgIpc) is 3.01. The number of hydrogen-bond donors (Lipinski definition) is 1. The maximum Gasteiger partial charge on any atom is 0.338 e. The minimum atomic E-state index is -0.797. The molecule has 4 aromatic rings. The van der Waals surface area contributed by atoms with E-state index < -0.39 is 24.3 Å². The second kappa shape index (κ2) is 14.0. The molecule has 0 saturated carbocycles. The van der Waals surface area contributed by atoms with E-state index in [4.69, 9.17) is 14.2 Å². The summed E-state index contributed by atoms with van der Waals surface area (Å²) in [6, 6.07) is 38.5. The van der Waals surface area contributed by atoms with Crippen LogP contribution in [-0.4, -0.2) is 53.5 Å². The lowest BCUT2D eigenvalue weighted by molar-refractivity contribution is -0.195. The molecule has 1 fully saturated rings. The Morgan fingerprint density at radius 1 is 0.675 bits per heavy atom. The van der Waals surface area contributed by atoms with Gasteiger partial charge in [-0.05, 0) is 28.8 Å². The molecule has 5 rings (SSSR count). The van der Waals surface area contributed by atoms with Crippen molar-refractivity contribution in [3.05, 3.63) is 144 Å². The summed E-state index contributed by atoms with van der Waals surface area (Å²) in [4.78, 5) is 15.1. The van der Waals surface area contributed by atoms with Gasteiger partial charge in [-0.2, -0.15) is 0 Å². The summed E-state index contributed by atoms with van der Waals surface area (Å²) in [5, 5.41) is 11.4. The van der Waals surface area contributed by atoms with Crippen molar-refractivity contribution in [3.8, 4) is 0 Å². The summed E-state index contributed by atoms with van der Waals surface area (Å²) in [6.07, 6.45) is -1.97. The Bertz CT molecular complexity index is 1300. The molecule has 0 spiro atoms. The monoisotopic (exact) mass is 537 g/mol. The Balaban J connectivity index is 1.41. The Hall–Kier alpha value is -3.81. The molecule has 6 heteroatoms. The largest absolute Gasteiger partial charge is 0.460 e. The number of benzene rings is 4. The molecule has 1 saturated heterocycles. The van der Waals surface area contributed by atoms with Crippen LogP contribution in [0.1, 0.15) is 27.0 Å². The maximum absolute atomic E-state index is 12.9. The summed E-state index contributed by atoms with van der Waals surface area (Å²) in [6.45, 7) is 1.70. The molecule has 0 aliphatic carbocycles. The first kappa shape index (κ1) is 27.7. The van der Waals surface area contributed by atoms with Crippen molar-refractivity contribution in [1.82, 2.24) is 4.90 Å². The minimum Gasteiger partial charge on any atom is -0.460 e. The number of nitrogens with zero attached hydrogens (tertiary/aromatic N) is 1. The van der Waals surface area contributed by atoms with E-state index in [0.29, 0.717) is 31.9 Å². The van der Waals surface area contributed by atoms with Crippen LogP contribution >= 0.6 is 0 Å². The van der Waals surface area contributed by atoms with Crippen LogP contribution in [0.15, 0.2) is 121 Å². The highest BCUT2D eigenvalue weighted by atomic mass is 16.6. The Morgan fingerprint density at radius 3 is 1.70 bits per heavy atom. The van der Waals surface area contributed by atoms with Crippen LogP contribution in [0.25, 0.3) is 0 Å². The molecule has 0 amide bonds. The van der Waals surface area contributed by atoms with Gasteiger partial charge >= 0.3 is 5.97 Å². The van der Waals surface area contributed by atoms with Gasteiger partial charge in [-0.15, -0.1) is 0 Å². The zero-order valence-electron chi connectivity index (χ0n) is 22.4. The lowest BCUT2D eigenvalue weighted by Crippen LogP contribution is -2.63. The molecule has 0 aromatic heterocycles. The molecule has 0 unspecified atom stereocenters. The van der Waals surface area contributed by atoms with Crippen LogP contribution in [0, 0.1) is 0 Å². The van der Waals surface area contributed by atoms with Crippen molar-refractivity contribution < 1.29 is 24.1 Å². The van der Waals surface area contributed by atoms with Gasteiger partial charge in [-0.25, -0.2) is 4.79 Å². The van der Waals surface area contributed by atoms with Gasteiger partial charge in [0.25, 0.3) is 0 Å². The van der Waals surface area contributed by atoms with Crippen molar-refractivity contribution >= 4 is 5.97 Å². The zero-order valence-corrected chi connectivity index (χ0v) is 22.4. The van der Waals surface area contributed by atoms with Crippen molar-refractivity contribution in [2.24, 2.45) is 0 Å². The fraction of sp³-hybridized carbons (Fsp3) is 0.265. The maximum atomic E-state index is 12.9. The molecule has 4 atom stereocenters. The molecule has 1 heterocycles. The SMILES string of the molecule is O=C(OC[C@H]1[C@@H](OCc2ccccc2)[C@H](OCc2ccccc2)[C@H](O)CN1Cc1ccccc1)c1ccccc1. The molecule has 1 N–H and O–H groups in total. The molecule has 1 aliphatic rings. The van der Waals surface area contributed by atoms with E-state index in [0.717, 1.165) is 16.7 Å². The predicted molar refractivity (Wildman–Crippen MR) is 153 cm³/mol. The van der Waals surface area contributed by atoms with E-state index in [1.165, 1.54) is 0 Å². The standard InChI is InChI=1S/C34H35NO5/c36-31-22-35(21-26-13-5-1-6-14-26)30(25-40-34(37)29-19-11-4-12-20-29)32(38-23-27-15-7-2-8-16-27)33(31)39-24-28-17-9-3-10-18-28/h1-20,30-33,36H,21-25H2/t30-,31+,32+,33+/m0/s1. The van der Waals surface area contributed by atoms with Gasteiger partial charge < -0.3 is 19.3 Å². The third kappa shape index (κ3) is 7.43. The lowest BCUT2D eigenvalue weighted by atomic mass is 9.92. The van der Waals surface area contributed by atoms with E-state index in [1.807, 2.05) is 97.1 Å². The van der Waals surface area contributed by atoms with Gasteiger partial charge in [0.2, 0.25) is 0 Å². The quantitative estimate of drug-likeness (QED) is 0.263. The van der Waals surface area contributed by atoms with E-state index in [1.54, 1.807) is 12.1 Å². The zero-order chi connectivity index (χ0) is 27.6. The Labute approximate surface area is 235 Å². The molecule has 6 nitrogen and oxygen atoms in total. The second-order valence-electron chi connectivity index (χ2n) is 10.0. The summed E-state index contributed by atoms with van der Waals surface area (Å²) < 4.78 is 18.8. The van der Waals surface area contributed by atoms with Gasteiger partial charge in [0.05, 0.1) is 30.9 Å². The molecule has 4 aromatic carbocycles. The average molecular weight is 538 g/mol. The summed E-state index contributed by atoms with van der Waals surface area (Å²) in [5.41, 5.74) is 3.61. The van der Waals surface area contributed by atoms with E-state index in [2.05, 4.69) is 17.0 Å². The van der Waals surface area contributed by atoms with E-state index in [-0.39, 0.29) is 12.6 Å². The summed E-state index contributed by atoms with van der Waals surface area (Å²) >= 11 is 0. The fourth-order valence-electron chi connectivity index (χ4n) is 5.09. The number of hydrogen-bond acceptors (Lipinski definition) is 6. The molecular weight excluding hydrogens is 502 g/mol. The highest BCUT2D eigenvalue weighted by Gasteiger charge is 2.45. The summed E-state index contributed by atoms with van der Waals surface area (Å²) in [7, 11) is 0. The van der Waals surface area contributed by atoms with Crippen molar-refractivity contribution in [2.75, 3.05) is 13.2 Å². The fourth-order valence-corrected chi connectivity index (χ4v) is 5.09. The van der Waals surface area contributed by atoms with Gasteiger partial charge in [0, 0.05) is 13.1 Å². The smallest absolute Gasteiger partial charge is 0.338 e. The number of ether oxygens (including phenoxy) is 3. The van der Waals surface area contributed by atoms with Crippen molar-refractivity contribution in [3.63, 3.8) is 0 Å². The van der Waals surface area contributed by atoms with Gasteiger partial charge in [-0.3, -0.25) is 4.90 Å². The normalized spacial score (nSPS) is 21.1. The van der Waals surface area contributed by atoms with Gasteiger partial charge in [-0.1, -0.05) is 109 Å². The topological polar surface area (TPSA) is 68.2 Å². The van der Waals surface area contributed by atoms with E-state index in [9.17, 15) is 9.90 Å². The van der Waals surface area contributed by atoms with Gasteiger partial charge in [0.15, 0.2) is 0 Å². The summed E-state index contributed by atoms with van der Waals surface area (Å²) in [5.74, 6) is -0.394. The first-order valence-electron chi connectivity index (χ1n) is 13.7. The number of carbonyl (C=O) groups excluding carboxylic acids is 1. The number of carbonyl (C=O) groups is 1. The molecular formula is C34H35NO5. The molecule has 0 bridgehead atoms. The molecule has 1 aliphatic heterocycles. The Morgan fingerprint density at radius 2 is 1.15 bits per heavy atom. The molecule has 0 radical (unpaired) electrons. The lowest BCUT2D eigenvalue weighted by Gasteiger charge is -2.47. The second-order valence-corrected chi connectivity index (χ2v) is 10.0. The Kier molecular flexibility index (Phi) is 9.72. The number of esters is 1. The van der Waals surface area contributed by atoms with Crippen LogP contribution < -0.4 is 0 Å². The van der Waals surface area contributed by atoms with Crippen LogP contribution in [0.4, 0.5) is 0 Å². The minimum absolute atomic E-state index is 0.0952. The van der Waals surface area contributed by atoms with Crippen LogP contribution in [0.5, 0.6) is 0 Å². The number of piperidine rings is 1. The van der Waals surface area contributed by atoms with Crippen molar-refractivity contribution in [1.29, 1.82) is 0 Å². The van der Waals surface area contributed by atoms with Crippen molar-refractivity contribution in [2.45, 2.75) is 44.1 Å². The third-order valence-electron chi connectivity index (χ3n) is 7.17. The number of β-amino-alcohol motifs (C(OH)–C–C–N with tert-alkyl or cyclic N) is 1. The first-order valence-corrected chi connectivity index (χ1v) is 13.7. The van der Waals surface area contributed by atoms with E-state index >= 15 is 0 Å². The molecule has 206 valence electrons. The number of aliphatic hydroxyl groups excluding tert-OH is 1. The van der Waals surface area contributed by atoms with Crippen LogP contribution in [-0.2, 0) is 34.0 Å². The van der Waals surface area contributed by atoms with Crippen LogP contribution in [0.3, 0.4) is 0 Å². The number of likely N-dealkylation sites (tertiary alicyclic amines) is 1. The number of rotatable bonds is 11. The highest BCUT2D eigenvalue weighted by molar-refractivity contribution is 5.89. The molecule has 40 heavy (non-hydrogen) atoms. The van der Waals surface area contributed by atoms with Gasteiger partial charge in [0.1, 0.15) is 18.8 Å². The predicted octanol–water partition coefficient (Wildman–Crippen LogP) is 5.26. The third-order valence-corrected chi connectivity index (χ3v) is 7.17. The first-order chi connectivity index (χ1) is 19.7. The highest BCUT2D eigenvalue weighted by Crippen LogP contribution is 2.28. The number of aliphatic hydroxyl groups is 1. The van der Waals surface area contributed by atoms with Crippen LogP contribution in [0.2, 0.25) is 0 Å².